The van der Waals surface area contributed by atoms with Gasteiger partial charge < -0.3 is 15.3 Å². The Bertz CT molecular complexity index is 1340. The van der Waals surface area contributed by atoms with Crippen LogP contribution in [0.1, 0.15) is 47.4 Å². The second-order valence-electron chi connectivity index (χ2n) is 8.61. The van der Waals surface area contributed by atoms with Crippen LogP contribution in [-0.4, -0.2) is 44.6 Å². The summed E-state index contributed by atoms with van der Waals surface area (Å²) >= 11 is 5.85. The van der Waals surface area contributed by atoms with Gasteiger partial charge in [0.1, 0.15) is 5.15 Å². The molecule has 2 aromatic heterocycles. The number of alkyl halides is 2. The zero-order valence-electron chi connectivity index (χ0n) is 18.9. The SMILES string of the molecule is Cc1cc([C@H](C)Nc2ccc(Cl)nc2C(=O)O)c2nc(N3CCCC(F)(F)C3)n(C)c(=O)c2c1. The van der Waals surface area contributed by atoms with E-state index in [4.69, 9.17) is 11.6 Å². The van der Waals surface area contributed by atoms with Crippen molar-refractivity contribution in [2.75, 3.05) is 23.3 Å². The molecule has 34 heavy (non-hydrogen) atoms. The van der Waals surface area contributed by atoms with Gasteiger partial charge in [-0.05, 0) is 44.0 Å². The van der Waals surface area contributed by atoms with E-state index in [9.17, 15) is 23.5 Å². The fraction of sp³-hybridized carbons (Fsp3) is 0.391. The van der Waals surface area contributed by atoms with E-state index in [0.717, 1.165) is 5.56 Å². The molecule has 0 spiro atoms. The van der Waals surface area contributed by atoms with E-state index in [2.05, 4.69) is 15.3 Å². The summed E-state index contributed by atoms with van der Waals surface area (Å²) in [4.78, 5) is 34.8. The Morgan fingerprint density at radius 3 is 2.71 bits per heavy atom. The van der Waals surface area contributed by atoms with E-state index in [1.54, 1.807) is 13.0 Å². The Kier molecular flexibility index (Phi) is 6.20. The molecule has 2 N–H and O–H groups in total. The van der Waals surface area contributed by atoms with E-state index < -0.39 is 24.5 Å². The summed E-state index contributed by atoms with van der Waals surface area (Å²) in [6, 6.07) is 6.05. The third-order valence-corrected chi connectivity index (χ3v) is 6.12. The number of aryl methyl sites for hydroxylation is 1. The van der Waals surface area contributed by atoms with Gasteiger partial charge in [-0.15, -0.1) is 0 Å². The summed E-state index contributed by atoms with van der Waals surface area (Å²) in [5.74, 6) is -3.93. The molecule has 8 nitrogen and oxygen atoms in total. The first-order chi connectivity index (χ1) is 16.0. The van der Waals surface area contributed by atoms with Crippen LogP contribution in [0.3, 0.4) is 0 Å². The molecule has 0 unspecified atom stereocenters. The van der Waals surface area contributed by atoms with E-state index in [-0.39, 0.29) is 34.5 Å². The predicted molar refractivity (Wildman–Crippen MR) is 126 cm³/mol. The first kappa shape index (κ1) is 23.9. The molecule has 1 saturated heterocycles. The van der Waals surface area contributed by atoms with Crippen molar-refractivity contribution in [3.63, 3.8) is 0 Å². The second-order valence-corrected chi connectivity index (χ2v) is 9.00. The molecule has 180 valence electrons. The molecule has 1 aliphatic heterocycles. The molecule has 3 heterocycles. The molecule has 1 atom stereocenters. The first-order valence-electron chi connectivity index (χ1n) is 10.8. The van der Waals surface area contributed by atoms with Gasteiger partial charge >= 0.3 is 5.97 Å². The highest BCUT2D eigenvalue weighted by Gasteiger charge is 2.36. The molecular formula is C23H24ClF2N5O3. The van der Waals surface area contributed by atoms with Crippen molar-refractivity contribution in [3.8, 4) is 0 Å². The fourth-order valence-electron chi connectivity index (χ4n) is 4.32. The van der Waals surface area contributed by atoms with Crippen molar-refractivity contribution in [2.45, 2.75) is 38.7 Å². The number of hydrogen-bond acceptors (Lipinski definition) is 6. The number of nitrogens with zero attached hydrogens (tertiary/aromatic N) is 4. The summed E-state index contributed by atoms with van der Waals surface area (Å²) < 4.78 is 29.5. The molecule has 0 radical (unpaired) electrons. The number of benzene rings is 1. The highest BCUT2D eigenvalue weighted by atomic mass is 35.5. The lowest BCUT2D eigenvalue weighted by Crippen LogP contribution is -2.45. The van der Waals surface area contributed by atoms with Crippen LogP contribution in [-0.2, 0) is 7.05 Å². The van der Waals surface area contributed by atoms with Crippen LogP contribution in [0.25, 0.3) is 10.9 Å². The van der Waals surface area contributed by atoms with E-state index in [0.29, 0.717) is 29.4 Å². The number of carboxylic acid groups (broad SMARTS) is 1. The number of aromatic carboxylic acids is 1. The molecule has 0 amide bonds. The molecule has 0 bridgehead atoms. The molecule has 4 rings (SSSR count). The van der Waals surface area contributed by atoms with Gasteiger partial charge in [-0.25, -0.2) is 23.5 Å². The maximum Gasteiger partial charge on any atom is 0.356 e. The summed E-state index contributed by atoms with van der Waals surface area (Å²) in [6.45, 7) is 3.49. The normalized spacial score (nSPS) is 16.5. The van der Waals surface area contributed by atoms with E-state index in [1.165, 1.54) is 28.6 Å². The maximum absolute atomic E-state index is 14.1. The van der Waals surface area contributed by atoms with E-state index in [1.807, 2.05) is 13.0 Å². The highest BCUT2D eigenvalue weighted by molar-refractivity contribution is 6.29. The largest absolute Gasteiger partial charge is 0.476 e. The second kappa shape index (κ2) is 8.83. The monoisotopic (exact) mass is 491 g/mol. The quantitative estimate of drug-likeness (QED) is 0.510. The number of hydrogen-bond donors (Lipinski definition) is 2. The van der Waals surface area contributed by atoms with E-state index >= 15 is 0 Å². The highest BCUT2D eigenvalue weighted by Crippen LogP contribution is 2.32. The Morgan fingerprint density at radius 2 is 2.03 bits per heavy atom. The van der Waals surface area contributed by atoms with Crippen molar-refractivity contribution in [3.05, 3.63) is 56.6 Å². The Labute approximate surface area is 199 Å². The average molecular weight is 492 g/mol. The number of rotatable bonds is 5. The topological polar surface area (TPSA) is 100 Å². The summed E-state index contributed by atoms with van der Waals surface area (Å²) in [6.07, 6.45) is 0.0959. The number of aromatic nitrogens is 3. The van der Waals surface area contributed by atoms with Gasteiger partial charge in [0.15, 0.2) is 5.69 Å². The number of nitrogens with one attached hydrogen (secondary N) is 1. The number of carbonyl (C=O) groups is 1. The lowest BCUT2D eigenvalue weighted by Gasteiger charge is -2.34. The first-order valence-corrected chi connectivity index (χ1v) is 11.1. The van der Waals surface area contributed by atoms with Crippen molar-refractivity contribution < 1.29 is 18.7 Å². The summed E-state index contributed by atoms with van der Waals surface area (Å²) in [5.41, 5.74) is 1.47. The minimum Gasteiger partial charge on any atom is -0.476 e. The third kappa shape index (κ3) is 4.54. The lowest BCUT2D eigenvalue weighted by atomic mass is 10.0. The van der Waals surface area contributed by atoms with Crippen LogP contribution in [0.5, 0.6) is 0 Å². The molecule has 1 aromatic carbocycles. The van der Waals surface area contributed by atoms with Crippen LogP contribution in [0.15, 0.2) is 29.1 Å². The molecule has 3 aromatic rings. The maximum atomic E-state index is 14.1. The van der Waals surface area contributed by atoms with Crippen LogP contribution in [0.2, 0.25) is 5.15 Å². The number of carboxylic acids is 1. The average Bonchev–Trinajstić information content (AvgIpc) is 2.76. The molecule has 1 aliphatic rings. The number of halogens is 3. The van der Waals surface area contributed by atoms with Crippen molar-refractivity contribution in [2.24, 2.45) is 7.05 Å². The van der Waals surface area contributed by atoms with Crippen LogP contribution >= 0.6 is 11.6 Å². The molecule has 11 heteroatoms. The van der Waals surface area contributed by atoms with Crippen molar-refractivity contribution in [1.29, 1.82) is 0 Å². The smallest absolute Gasteiger partial charge is 0.356 e. The number of pyridine rings is 1. The Hall–Kier alpha value is -3.27. The van der Waals surface area contributed by atoms with Gasteiger partial charge in [-0.3, -0.25) is 9.36 Å². The Morgan fingerprint density at radius 1 is 1.29 bits per heavy atom. The molecule has 0 saturated carbocycles. The number of anilines is 2. The zero-order chi connectivity index (χ0) is 24.8. The van der Waals surface area contributed by atoms with Gasteiger partial charge in [-0.1, -0.05) is 17.7 Å². The summed E-state index contributed by atoms with van der Waals surface area (Å²) in [7, 11) is 1.53. The van der Waals surface area contributed by atoms with Gasteiger partial charge in [-0.2, -0.15) is 0 Å². The van der Waals surface area contributed by atoms with Crippen molar-refractivity contribution >= 4 is 40.1 Å². The number of fused-ring (bicyclic) bond motifs is 1. The zero-order valence-corrected chi connectivity index (χ0v) is 19.7. The minimum absolute atomic E-state index is 0.0461. The molecular weight excluding hydrogens is 468 g/mol. The Balaban J connectivity index is 1.82. The third-order valence-electron chi connectivity index (χ3n) is 5.91. The standard InChI is InChI=1S/C23H24ClF2N5O3/c1-12-9-14(13(2)27-16-5-6-17(24)28-19(16)21(33)34)18-15(10-12)20(32)30(3)22(29-18)31-8-4-7-23(25,26)11-31/h5-6,9-10,13,27H,4,7-8,11H2,1-3H3,(H,33,34)/t13-/m0/s1. The molecule has 1 fully saturated rings. The van der Waals surface area contributed by atoms with Gasteiger partial charge in [0.25, 0.3) is 11.5 Å². The lowest BCUT2D eigenvalue weighted by molar-refractivity contribution is -0.0122. The number of piperidine rings is 1. The van der Waals surface area contributed by atoms with Crippen LogP contribution in [0.4, 0.5) is 20.4 Å². The molecule has 0 aliphatic carbocycles. The fourth-order valence-corrected chi connectivity index (χ4v) is 4.46. The van der Waals surface area contributed by atoms with Crippen LogP contribution in [0, 0.1) is 6.92 Å². The van der Waals surface area contributed by atoms with Gasteiger partial charge in [0, 0.05) is 25.6 Å². The van der Waals surface area contributed by atoms with Crippen molar-refractivity contribution in [1.82, 2.24) is 14.5 Å². The van der Waals surface area contributed by atoms with Gasteiger partial charge in [0.05, 0.1) is 29.2 Å². The minimum atomic E-state index is -2.86. The van der Waals surface area contributed by atoms with Gasteiger partial charge in [0.2, 0.25) is 5.95 Å². The van der Waals surface area contributed by atoms with Crippen LogP contribution < -0.4 is 15.8 Å². The summed E-state index contributed by atoms with van der Waals surface area (Å²) in [5, 5.41) is 13.0. The predicted octanol–water partition coefficient (Wildman–Crippen LogP) is 4.40.